The lowest BCUT2D eigenvalue weighted by atomic mass is 10.0. The molecule has 3 unspecified atom stereocenters. The number of nitrogens with two attached hydrogens (primary N) is 1. The van der Waals surface area contributed by atoms with Crippen LogP contribution in [0.4, 0.5) is 4.39 Å². The third-order valence-electron chi connectivity index (χ3n) is 3.29. The minimum Gasteiger partial charge on any atom is -0.271 e. The first-order valence-electron chi connectivity index (χ1n) is 6.25. The monoisotopic (exact) mass is 364 g/mol. The second-order valence-electron chi connectivity index (χ2n) is 4.64. The Labute approximate surface area is 130 Å². The van der Waals surface area contributed by atoms with Crippen LogP contribution in [0.15, 0.2) is 22.7 Å². The van der Waals surface area contributed by atoms with Crippen LogP contribution < -0.4 is 11.3 Å². The maximum absolute atomic E-state index is 13.2. The number of halogens is 2. The predicted molar refractivity (Wildman–Crippen MR) is 87.1 cm³/mol. The van der Waals surface area contributed by atoms with Gasteiger partial charge in [-0.2, -0.15) is 23.5 Å². The molecule has 0 saturated carbocycles. The van der Waals surface area contributed by atoms with Gasteiger partial charge in [0.2, 0.25) is 0 Å². The van der Waals surface area contributed by atoms with E-state index in [1.165, 1.54) is 17.6 Å². The molecule has 2 nitrogen and oxygen atoms in total. The summed E-state index contributed by atoms with van der Waals surface area (Å²) in [4.78, 5) is 0. The Kier molecular flexibility index (Phi) is 6.02. The number of hydrogen-bond acceptors (Lipinski definition) is 4. The number of benzene rings is 1. The molecule has 1 aliphatic rings. The fourth-order valence-corrected chi connectivity index (χ4v) is 5.65. The summed E-state index contributed by atoms with van der Waals surface area (Å²) in [7, 11) is 0. The van der Waals surface area contributed by atoms with Crippen molar-refractivity contribution in [2.24, 2.45) is 5.84 Å². The second kappa shape index (κ2) is 7.31. The summed E-state index contributed by atoms with van der Waals surface area (Å²) < 4.78 is 13.8. The molecule has 0 radical (unpaired) electrons. The average molecular weight is 365 g/mol. The Morgan fingerprint density at radius 1 is 1.47 bits per heavy atom. The van der Waals surface area contributed by atoms with Crippen molar-refractivity contribution in [1.29, 1.82) is 0 Å². The quantitative estimate of drug-likeness (QED) is 0.635. The molecule has 1 aliphatic heterocycles. The molecular formula is C13H18BrFN2S2. The zero-order valence-corrected chi connectivity index (χ0v) is 14.0. The molecule has 1 fully saturated rings. The summed E-state index contributed by atoms with van der Waals surface area (Å²) in [6, 6.07) is 5.38. The lowest BCUT2D eigenvalue weighted by Crippen LogP contribution is -2.48. The zero-order chi connectivity index (χ0) is 13.8. The smallest absolute Gasteiger partial charge is 0.137 e. The molecule has 3 N–H and O–H groups in total. The minimum atomic E-state index is -0.225. The van der Waals surface area contributed by atoms with Crippen molar-refractivity contribution in [3.63, 3.8) is 0 Å². The van der Waals surface area contributed by atoms with Gasteiger partial charge in [0.05, 0.1) is 4.47 Å². The fourth-order valence-electron chi connectivity index (χ4n) is 2.28. The Balaban J connectivity index is 2.07. The van der Waals surface area contributed by atoms with E-state index in [0.29, 0.717) is 15.0 Å². The van der Waals surface area contributed by atoms with Gasteiger partial charge in [0, 0.05) is 28.0 Å². The maximum atomic E-state index is 13.2. The summed E-state index contributed by atoms with van der Waals surface area (Å²) in [5, 5.41) is 1.08. The van der Waals surface area contributed by atoms with Gasteiger partial charge < -0.3 is 0 Å². The van der Waals surface area contributed by atoms with E-state index in [9.17, 15) is 4.39 Å². The first kappa shape index (κ1) is 15.6. The van der Waals surface area contributed by atoms with E-state index in [1.807, 2.05) is 35.7 Å². The van der Waals surface area contributed by atoms with E-state index in [1.54, 1.807) is 0 Å². The molecule has 0 spiro atoms. The van der Waals surface area contributed by atoms with Crippen LogP contribution in [0.25, 0.3) is 0 Å². The van der Waals surface area contributed by atoms with Gasteiger partial charge in [-0.25, -0.2) is 4.39 Å². The lowest BCUT2D eigenvalue weighted by molar-refractivity contribution is 0.500. The molecule has 1 aromatic carbocycles. The van der Waals surface area contributed by atoms with Crippen LogP contribution in [-0.2, 0) is 6.42 Å². The summed E-state index contributed by atoms with van der Waals surface area (Å²) in [6.07, 6.45) is 0.817. The molecule has 1 saturated heterocycles. The fraction of sp³-hybridized carbons (Fsp3) is 0.538. The average Bonchev–Trinajstić information content (AvgIpc) is 2.41. The van der Waals surface area contributed by atoms with E-state index in [4.69, 9.17) is 5.84 Å². The zero-order valence-electron chi connectivity index (χ0n) is 10.7. The van der Waals surface area contributed by atoms with Crippen LogP contribution >= 0.6 is 39.5 Å². The number of thioether (sulfide) groups is 2. The molecule has 1 aromatic rings. The van der Waals surface area contributed by atoms with Crippen molar-refractivity contribution < 1.29 is 4.39 Å². The van der Waals surface area contributed by atoms with Crippen molar-refractivity contribution in [2.75, 3.05) is 11.5 Å². The standard InChI is InChI=1S/C13H18BrFN2S2/c1-8-13(19-5-4-18-8)12(17-16)7-9-2-3-11(15)10(14)6-9/h2-3,6,8,12-13,17H,4-5,7,16H2,1H3. The van der Waals surface area contributed by atoms with Crippen molar-refractivity contribution >= 4 is 39.5 Å². The summed E-state index contributed by atoms with van der Waals surface area (Å²) in [5.74, 6) is 7.88. The number of rotatable bonds is 4. The molecule has 0 aromatic heterocycles. The lowest BCUT2D eigenvalue weighted by Gasteiger charge is -2.34. The van der Waals surface area contributed by atoms with E-state index in [-0.39, 0.29) is 11.9 Å². The first-order chi connectivity index (χ1) is 9.11. The second-order valence-corrected chi connectivity index (χ2v) is 8.26. The highest BCUT2D eigenvalue weighted by molar-refractivity contribution is 9.10. The first-order valence-corrected chi connectivity index (χ1v) is 9.14. The highest BCUT2D eigenvalue weighted by Gasteiger charge is 2.29. The van der Waals surface area contributed by atoms with Gasteiger partial charge >= 0.3 is 0 Å². The topological polar surface area (TPSA) is 38.0 Å². The molecule has 106 valence electrons. The van der Waals surface area contributed by atoms with Crippen LogP contribution in [0.5, 0.6) is 0 Å². The molecule has 1 heterocycles. The normalized spacial score (nSPS) is 25.3. The van der Waals surface area contributed by atoms with Crippen molar-refractivity contribution in [2.45, 2.75) is 29.9 Å². The molecule has 6 heteroatoms. The van der Waals surface area contributed by atoms with Gasteiger partial charge in [-0.15, -0.1) is 0 Å². The molecular weight excluding hydrogens is 347 g/mol. The van der Waals surface area contributed by atoms with Gasteiger partial charge in [0.25, 0.3) is 0 Å². The van der Waals surface area contributed by atoms with Gasteiger partial charge in [-0.3, -0.25) is 11.3 Å². The third kappa shape index (κ3) is 4.11. The Bertz CT molecular complexity index is 433. The number of hydrazine groups is 1. The maximum Gasteiger partial charge on any atom is 0.137 e. The molecule has 19 heavy (non-hydrogen) atoms. The van der Waals surface area contributed by atoms with E-state index in [0.717, 1.165) is 12.0 Å². The SMILES string of the molecule is CC1SCCSC1C(Cc1ccc(F)c(Br)c1)NN. The van der Waals surface area contributed by atoms with Crippen LogP contribution in [0.3, 0.4) is 0 Å². The predicted octanol–water partition coefficient (Wildman–Crippen LogP) is 3.20. The molecule has 2 rings (SSSR count). The largest absolute Gasteiger partial charge is 0.271 e. The van der Waals surface area contributed by atoms with Gasteiger partial charge in [0.1, 0.15) is 5.82 Å². The van der Waals surface area contributed by atoms with Crippen LogP contribution in [-0.4, -0.2) is 28.0 Å². The molecule has 0 amide bonds. The Morgan fingerprint density at radius 3 is 2.84 bits per heavy atom. The number of hydrogen-bond donors (Lipinski definition) is 2. The van der Waals surface area contributed by atoms with Crippen LogP contribution in [0, 0.1) is 5.82 Å². The minimum absolute atomic E-state index is 0.213. The summed E-state index contributed by atoms with van der Waals surface area (Å²) >= 11 is 7.21. The van der Waals surface area contributed by atoms with Gasteiger partial charge in [-0.05, 0) is 40.0 Å². The van der Waals surface area contributed by atoms with Crippen LogP contribution in [0.2, 0.25) is 0 Å². The third-order valence-corrected chi connectivity index (χ3v) is 7.15. The van der Waals surface area contributed by atoms with Gasteiger partial charge in [-0.1, -0.05) is 13.0 Å². The highest BCUT2D eigenvalue weighted by atomic mass is 79.9. The molecule has 0 bridgehead atoms. The van der Waals surface area contributed by atoms with E-state index >= 15 is 0 Å². The van der Waals surface area contributed by atoms with Crippen molar-refractivity contribution in [1.82, 2.24) is 5.43 Å². The summed E-state index contributed by atoms with van der Waals surface area (Å²) in [6.45, 7) is 2.26. The molecule has 0 aliphatic carbocycles. The van der Waals surface area contributed by atoms with Gasteiger partial charge in [0.15, 0.2) is 0 Å². The van der Waals surface area contributed by atoms with Crippen molar-refractivity contribution in [3.05, 3.63) is 34.1 Å². The molecule has 3 atom stereocenters. The Hall–Kier alpha value is 0.250. The summed E-state index contributed by atoms with van der Waals surface area (Å²) in [5.41, 5.74) is 4.04. The van der Waals surface area contributed by atoms with Crippen molar-refractivity contribution in [3.8, 4) is 0 Å². The van der Waals surface area contributed by atoms with Crippen LogP contribution in [0.1, 0.15) is 12.5 Å². The van der Waals surface area contributed by atoms with E-state index in [2.05, 4.69) is 28.3 Å². The van der Waals surface area contributed by atoms with E-state index < -0.39 is 0 Å². The number of nitrogens with one attached hydrogen (secondary N) is 1. The Morgan fingerprint density at radius 2 is 2.21 bits per heavy atom. The highest BCUT2D eigenvalue weighted by Crippen LogP contribution is 2.34.